The van der Waals surface area contributed by atoms with Crippen molar-refractivity contribution in [3.63, 3.8) is 0 Å². The molecule has 3 rings (SSSR count). The first kappa shape index (κ1) is 11.6. The van der Waals surface area contributed by atoms with Gasteiger partial charge in [-0.15, -0.1) is 11.3 Å². The van der Waals surface area contributed by atoms with Crippen LogP contribution in [0.4, 0.5) is 0 Å². The van der Waals surface area contributed by atoms with Crippen LogP contribution in [0.3, 0.4) is 0 Å². The van der Waals surface area contributed by atoms with Crippen LogP contribution >= 0.6 is 11.3 Å². The highest BCUT2D eigenvalue weighted by atomic mass is 32.1. The van der Waals surface area contributed by atoms with Gasteiger partial charge in [0, 0.05) is 11.1 Å². The Balaban J connectivity index is 1.77. The lowest BCUT2D eigenvalue weighted by molar-refractivity contribution is 0.303. The van der Waals surface area contributed by atoms with E-state index in [2.05, 4.69) is 10.4 Å². The molecule has 1 unspecified atom stereocenters. The van der Waals surface area contributed by atoms with E-state index in [1.54, 1.807) is 11.3 Å². The second kappa shape index (κ2) is 5.06. The number of rotatable bonds is 5. The van der Waals surface area contributed by atoms with Crippen molar-refractivity contribution in [3.05, 3.63) is 46.4 Å². The molecule has 2 aromatic rings. The Morgan fingerprint density at radius 1 is 1.33 bits per heavy atom. The standard InChI is InChI=1S/C13H15N3OS/c14-16-13(12-7-15-8-18-12)9-1-3-10(4-2-9)17-11-5-6-11/h1-4,7-8,11,13,16H,5-6,14H2. The summed E-state index contributed by atoms with van der Waals surface area (Å²) in [5, 5.41) is 0. The Morgan fingerprint density at radius 2 is 2.11 bits per heavy atom. The fourth-order valence-corrected chi connectivity index (χ4v) is 2.53. The summed E-state index contributed by atoms with van der Waals surface area (Å²) < 4.78 is 5.72. The van der Waals surface area contributed by atoms with Crippen LogP contribution in [0.1, 0.15) is 29.3 Å². The Hall–Kier alpha value is -1.43. The molecule has 1 aliphatic carbocycles. The molecule has 1 aromatic heterocycles. The van der Waals surface area contributed by atoms with Gasteiger partial charge >= 0.3 is 0 Å². The quantitative estimate of drug-likeness (QED) is 0.640. The maximum absolute atomic E-state index is 5.72. The average Bonchev–Trinajstić information content (AvgIpc) is 3.05. The Bertz CT molecular complexity index is 493. The van der Waals surface area contributed by atoms with E-state index in [1.165, 1.54) is 12.8 Å². The number of nitrogens with one attached hydrogen (secondary N) is 1. The largest absolute Gasteiger partial charge is 0.490 e. The van der Waals surface area contributed by atoms with Crippen molar-refractivity contribution in [1.82, 2.24) is 10.4 Å². The van der Waals surface area contributed by atoms with E-state index in [1.807, 2.05) is 36.0 Å². The van der Waals surface area contributed by atoms with Crippen LogP contribution in [0.5, 0.6) is 5.75 Å². The zero-order valence-electron chi connectivity index (χ0n) is 9.87. The first-order valence-electron chi connectivity index (χ1n) is 5.98. The predicted molar refractivity (Wildman–Crippen MR) is 71.4 cm³/mol. The molecule has 0 bridgehead atoms. The first-order chi connectivity index (χ1) is 8.86. The number of nitrogens with zero attached hydrogens (tertiary/aromatic N) is 1. The van der Waals surface area contributed by atoms with Crippen molar-refractivity contribution < 1.29 is 4.74 Å². The highest BCUT2D eigenvalue weighted by Gasteiger charge is 2.23. The van der Waals surface area contributed by atoms with Gasteiger partial charge in [-0.05, 0) is 30.5 Å². The van der Waals surface area contributed by atoms with E-state index in [0.29, 0.717) is 6.10 Å². The molecule has 1 aliphatic rings. The Morgan fingerprint density at radius 3 is 2.67 bits per heavy atom. The minimum Gasteiger partial charge on any atom is -0.490 e. The summed E-state index contributed by atoms with van der Waals surface area (Å²) >= 11 is 1.59. The number of aromatic nitrogens is 1. The van der Waals surface area contributed by atoms with Crippen molar-refractivity contribution in [1.29, 1.82) is 0 Å². The van der Waals surface area contributed by atoms with Crippen LogP contribution < -0.4 is 16.0 Å². The minimum absolute atomic E-state index is 0.00697. The molecule has 5 heteroatoms. The maximum Gasteiger partial charge on any atom is 0.119 e. The summed E-state index contributed by atoms with van der Waals surface area (Å²) in [4.78, 5) is 5.18. The van der Waals surface area contributed by atoms with Gasteiger partial charge in [-0.25, -0.2) is 5.43 Å². The zero-order chi connectivity index (χ0) is 12.4. The van der Waals surface area contributed by atoms with Crippen LogP contribution in [-0.4, -0.2) is 11.1 Å². The number of hydrogen-bond acceptors (Lipinski definition) is 5. The number of hydrogen-bond donors (Lipinski definition) is 2. The van der Waals surface area contributed by atoms with E-state index < -0.39 is 0 Å². The van der Waals surface area contributed by atoms with Gasteiger partial charge in [0.05, 0.1) is 17.7 Å². The van der Waals surface area contributed by atoms with Gasteiger partial charge in [0.25, 0.3) is 0 Å². The summed E-state index contributed by atoms with van der Waals surface area (Å²) in [5.74, 6) is 6.55. The molecule has 1 heterocycles. The minimum atomic E-state index is -0.00697. The molecule has 4 nitrogen and oxygen atoms in total. The molecule has 1 aromatic carbocycles. The molecular formula is C13H15N3OS. The van der Waals surface area contributed by atoms with Crippen molar-refractivity contribution in [2.75, 3.05) is 0 Å². The van der Waals surface area contributed by atoms with Gasteiger partial charge in [0.15, 0.2) is 0 Å². The zero-order valence-corrected chi connectivity index (χ0v) is 10.7. The number of ether oxygens (including phenoxy) is 1. The third-order valence-electron chi connectivity index (χ3n) is 2.94. The van der Waals surface area contributed by atoms with Crippen molar-refractivity contribution >= 4 is 11.3 Å². The monoisotopic (exact) mass is 261 g/mol. The van der Waals surface area contributed by atoms with Gasteiger partial charge in [-0.2, -0.15) is 0 Å². The lowest BCUT2D eigenvalue weighted by Gasteiger charge is -2.14. The second-order valence-corrected chi connectivity index (χ2v) is 5.31. The molecule has 94 valence electrons. The van der Waals surface area contributed by atoms with Crippen LogP contribution in [-0.2, 0) is 0 Å². The number of nitrogens with two attached hydrogens (primary N) is 1. The van der Waals surface area contributed by atoms with E-state index in [9.17, 15) is 0 Å². The van der Waals surface area contributed by atoms with E-state index in [0.717, 1.165) is 16.2 Å². The third kappa shape index (κ3) is 2.53. The number of thiazole rings is 1. The SMILES string of the molecule is NNC(c1ccc(OC2CC2)cc1)c1cncs1. The molecule has 1 saturated carbocycles. The predicted octanol–water partition coefficient (Wildman–Crippen LogP) is 2.24. The van der Waals surface area contributed by atoms with Gasteiger partial charge < -0.3 is 4.74 Å². The molecule has 1 fully saturated rings. The van der Waals surface area contributed by atoms with Gasteiger partial charge in [-0.3, -0.25) is 10.8 Å². The molecule has 3 N–H and O–H groups in total. The summed E-state index contributed by atoms with van der Waals surface area (Å²) in [6.45, 7) is 0. The van der Waals surface area contributed by atoms with Gasteiger partial charge in [0.2, 0.25) is 0 Å². The normalized spacial score (nSPS) is 16.5. The fourth-order valence-electron chi connectivity index (χ4n) is 1.83. The molecule has 0 aliphatic heterocycles. The Labute approximate surface area is 110 Å². The van der Waals surface area contributed by atoms with E-state index >= 15 is 0 Å². The molecule has 18 heavy (non-hydrogen) atoms. The summed E-state index contributed by atoms with van der Waals surface area (Å²) in [5.41, 5.74) is 5.75. The molecule has 0 spiro atoms. The third-order valence-corrected chi connectivity index (χ3v) is 3.78. The number of benzene rings is 1. The summed E-state index contributed by atoms with van der Waals surface area (Å²) in [6.07, 6.45) is 4.62. The highest BCUT2D eigenvalue weighted by Crippen LogP contribution is 2.29. The average molecular weight is 261 g/mol. The molecule has 1 atom stereocenters. The van der Waals surface area contributed by atoms with Crippen LogP contribution in [0.15, 0.2) is 36.0 Å². The van der Waals surface area contributed by atoms with Crippen molar-refractivity contribution in [3.8, 4) is 5.75 Å². The summed E-state index contributed by atoms with van der Waals surface area (Å²) in [6, 6.07) is 8.08. The topological polar surface area (TPSA) is 60.2 Å². The first-order valence-corrected chi connectivity index (χ1v) is 6.86. The number of hydrazine groups is 1. The molecular weight excluding hydrogens is 246 g/mol. The van der Waals surface area contributed by atoms with Crippen LogP contribution in [0.2, 0.25) is 0 Å². The highest BCUT2D eigenvalue weighted by molar-refractivity contribution is 7.09. The molecule has 0 saturated heterocycles. The second-order valence-electron chi connectivity index (χ2n) is 4.39. The lowest BCUT2D eigenvalue weighted by Crippen LogP contribution is -2.28. The Kier molecular flexibility index (Phi) is 3.27. The lowest BCUT2D eigenvalue weighted by atomic mass is 10.1. The summed E-state index contributed by atoms with van der Waals surface area (Å²) in [7, 11) is 0. The molecule has 0 amide bonds. The molecule has 0 radical (unpaired) electrons. The van der Waals surface area contributed by atoms with E-state index in [-0.39, 0.29) is 6.04 Å². The smallest absolute Gasteiger partial charge is 0.119 e. The van der Waals surface area contributed by atoms with Crippen LogP contribution in [0.25, 0.3) is 0 Å². The van der Waals surface area contributed by atoms with Crippen LogP contribution in [0, 0.1) is 0 Å². The fraction of sp³-hybridized carbons (Fsp3) is 0.308. The van der Waals surface area contributed by atoms with Gasteiger partial charge in [-0.1, -0.05) is 12.1 Å². The van der Waals surface area contributed by atoms with E-state index in [4.69, 9.17) is 10.6 Å². The maximum atomic E-state index is 5.72. The van der Waals surface area contributed by atoms with Gasteiger partial charge in [0.1, 0.15) is 5.75 Å². The van der Waals surface area contributed by atoms with Crippen molar-refractivity contribution in [2.45, 2.75) is 25.0 Å². The van der Waals surface area contributed by atoms with Crippen molar-refractivity contribution in [2.24, 2.45) is 5.84 Å².